The van der Waals surface area contributed by atoms with Crippen LogP contribution in [0, 0.1) is 0 Å². The van der Waals surface area contributed by atoms with E-state index in [0.29, 0.717) is 0 Å². The number of rotatable bonds is 2. The Kier molecular flexibility index (Phi) is 3.55. The summed E-state index contributed by atoms with van der Waals surface area (Å²) < 4.78 is 1.13. The number of benzene rings is 1. The van der Waals surface area contributed by atoms with Gasteiger partial charge < -0.3 is 4.90 Å². The van der Waals surface area contributed by atoms with Crippen LogP contribution in [0.25, 0.3) is 11.5 Å². The van der Waals surface area contributed by atoms with Gasteiger partial charge in [-0.15, -0.1) is 0 Å². The number of nitrogens with zero attached hydrogens (tertiary/aromatic N) is 4. The summed E-state index contributed by atoms with van der Waals surface area (Å²) in [7, 11) is 0. The third kappa shape index (κ3) is 2.63. The highest BCUT2D eigenvalue weighted by Crippen LogP contribution is 2.36. The van der Waals surface area contributed by atoms with E-state index < -0.39 is 0 Å². The van der Waals surface area contributed by atoms with Gasteiger partial charge in [-0.1, -0.05) is 28.1 Å². The zero-order chi connectivity index (χ0) is 16.8. The van der Waals surface area contributed by atoms with Crippen LogP contribution in [0.3, 0.4) is 0 Å². The molecule has 4 nitrogen and oxygen atoms in total. The minimum atomic E-state index is 0.744. The predicted molar refractivity (Wildman–Crippen MR) is 101 cm³/mol. The highest BCUT2D eigenvalue weighted by molar-refractivity contribution is 9.10. The van der Waals surface area contributed by atoms with Crippen molar-refractivity contribution in [3.05, 3.63) is 69.5 Å². The van der Waals surface area contributed by atoms with Crippen LogP contribution in [-0.2, 0) is 25.9 Å². The fraction of sp³-hybridized carbons (Fsp3) is 0.250. The van der Waals surface area contributed by atoms with Crippen LogP contribution < -0.4 is 4.90 Å². The number of aromatic nitrogens is 3. The Balaban J connectivity index is 1.59. The van der Waals surface area contributed by atoms with Gasteiger partial charge in [-0.3, -0.25) is 4.98 Å². The van der Waals surface area contributed by atoms with Crippen molar-refractivity contribution in [3.63, 3.8) is 0 Å². The number of halogens is 1. The Hall–Kier alpha value is -2.27. The van der Waals surface area contributed by atoms with E-state index in [-0.39, 0.29) is 0 Å². The highest BCUT2D eigenvalue weighted by Gasteiger charge is 2.27. The largest absolute Gasteiger partial charge is 0.348 e. The zero-order valence-corrected chi connectivity index (χ0v) is 15.3. The summed E-state index contributed by atoms with van der Waals surface area (Å²) in [5.74, 6) is 1.84. The van der Waals surface area contributed by atoms with Crippen molar-refractivity contribution in [3.8, 4) is 11.5 Å². The fourth-order valence-corrected chi connectivity index (χ4v) is 4.21. The average Bonchev–Trinajstić information content (AvgIpc) is 3.27. The van der Waals surface area contributed by atoms with Crippen LogP contribution in [0.5, 0.6) is 0 Å². The van der Waals surface area contributed by atoms with Crippen LogP contribution in [-0.4, -0.2) is 15.0 Å². The maximum Gasteiger partial charge on any atom is 0.180 e. The molecule has 124 valence electrons. The Morgan fingerprint density at radius 2 is 1.88 bits per heavy atom. The van der Waals surface area contributed by atoms with E-state index in [9.17, 15) is 0 Å². The van der Waals surface area contributed by atoms with Gasteiger partial charge in [-0.2, -0.15) is 0 Å². The zero-order valence-electron chi connectivity index (χ0n) is 13.7. The number of fused-ring (bicyclic) bond motifs is 2. The smallest absolute Gasteiger partial charge is 0.180 e. The summed E-state index contributed by atoms with van der Waals surface area (Å²) in [5.41, 5.74) is 6.12. The molecule has 0 saturated heterocycles. The van der Waals surface area contributed by atoms with E-state index >= 15 is 0 Å². The minimum Gasteiger partial charge on any atom is -0.348 e. The van der Waals surface area contributed by atoms with Crippen molar-refractivity contribution in [1.29, 1.82) is 0 Å². The lowest BCUT2D eigenvalue weighted by Crippen LogP contribution is -2.19. The van der Waals surface area contributed by atoms with Gasteiger partial charge in [0.15, 0.2) is 5.82 Å². The Labute approximate surface area is 155 Å². The molecule has 2 aromatic heterocycles. The van der Waals surface area contributed by atoms with E-state index in [4.69, 9.17) is 9.97 Å². The van der Waals surface area contributed by atoms with Crippen molar-refractivity contribution in [1.82, 2.24) is 15.0 Å². The molecule has 0 atom stereocenters. The van der Waals surface area contributed by atoms with Crippen molar-refractivity contribution in [2.75, 3.05) is 4.90 Å². The van der Waals surface area contributed by atoms with Gasteiger partial charge in [0.25, 0.3) is 0 Å². The van der Waals surface area contributed by atoms with Gasteiger partial charge in [0.1, 0.15) is 11.5 Å². The predicted octanol–water partition coefficient (Wildman–Crippen LogP) is 4.31. The number of pyridine rings is 1. The highest BCUT2D eigenvalue weighted by atomic mass is 79.9. The molecule has 0 fully saturated rings. The molecule has 1 aliphatic carbocycles. The first-order valence-corrected chi connectivity index (χ1v) is 9.41. The molecule has 1 aromatic carbocycles. The van der Waals surface area contributed by atoms with E-state index in [0.717, 1.165) is 54.2 Å². The Morgan fingerprint density at radius 1 is 0.960 bits per heavy atom. The molecule has 3 heterocycles. The average molecular weight is 393 g/mol. The van der Waals surface area contributed by atoms with Gasteiger partial charge in [-0.05, 0) is 54.7 Å². The molecule has 0 saturated carbocycles. The summed E-state index contributed by atoms with van der Waals surface area (Å²) in [6.07, 6.45) is 5.07. The monoisotopic (exact) mass is 392 g/mol. The molecular weight excluding hydrogens is 376 g/mol. The molecular formula is C20H17BrN4. The summed E-state index contributed by atoms with van der Waals surface area (Å²) in [6, 6.07) is 12.4. The van der Waals surface area contributed by atoms with Crippen molar-refractivity contribution in [2.45, 2.75) is 32.4 Å². The fourth-order valence-electron chi connectivity index (χ4n) is 3.80. The van der Waals surface area contributed by atoms with Crippen LogP contribution in [0.2, 0.25) is 0 Å². The second-order valence-corrected chi connectivity index (χ2v) is 7.55. The maximum atomic E-state index is 4.94. The van der Waals surface area contributed by atoms with Gasteiger partial charge in [-0.25, -0.2) is 9.97 Å². The lowest BCUT2D eigenvalue weighted by molar-refractivity contribution is 0.836. The molecule has 0 spiro atoms. The molecule has 3 aromatic rings. The van der Waals surface area contributed by atoms with Crippen molar-refractivity contribution < 1.29 is 0 Å². The second-order valence-electron chi connectivity index (χ2n) is 6.63. The summed E-state index contributed by atoms with van der Waals surface area (Å²) in [6.45, 7) is 1.81. The number of hydrogen-bond acceptors (Lipinski definition) is 4. The molecule has 0 N–H and O–H groups in total. The molecule has 0 radical (unpaired) electrons. The van der Waals surface area contributed by atoms with E-state index in [2.05, 4.69) is 44.0 Å². The second kappa shape index (κ2) is 5.92. The van der Waals surface area contributed by atoms with Gasteiger partial charge in [0.05, 0.1) is 0 Å². The molecule has 0 amide bonds. The lowest BCUT2D eigenvalue weighted by atomic mass is 10.1. The SMILES string of the molecule is Brc1ccc2c(c1)CN(c1nc(-c3ccccn3)nc3c1CCC3)C2. The van der Waals surface area contributed by atoms with Gasteiger partial charge in [0, 0.05) is 35.0 Å². The number of anilines is 1. The first-order valence-electron chi connectivity index (χ1n) is 8.61. The Morgan fingerprint density at radius 3 is 2.76 bits per heavy atom. The Bertz CT molecular complexity index is 955. The minimum absolute atomic E-state index is 0.744. The third-order valence-corrected chi connectivity index (χ3v) is 5.49. The molecule has 1 aliphatic heterocycles. The van der Waals surface area contributed by atoms with Crippen LogP contribution >= 0.6 is 15.9 Å². The number of aryl methyl sites for hydroxylation is 1. The first kappa shape index (κ1) is 15.0. The summed E-state index contributed by atoms with van der Waals surface area (Å²) in [4.78, 5) is 16.6. The molecule has 5 heteroatoms. The lowest BCUT2D eigenvalue weighted by Gasteiger charge is -2.20. The van der Waals surface area contributed by atoms with Crippen LogP contribution in [0.15, 0.2) is 47.1 Å². The van der Waals surface area contributed by atoms with Gasteiger partial charge in [0.2, 0.25) is 0 Å². The topological polar surface area (TPSA) is 41.9 Å². The summed E-state index contributed by atoms with van der Waals surface area (Å²) >= 11 is 3.58. The molecule has 2 aliphatic rings. The molecule has 5 rings (SSSR count). The van der Waals surface area contributed by atoms with E-state index in [1.54, 1.807) is 6.20 Å². The standard InChI is InChI=1S/C20H17BrN4/c21-15-8-7-13-11-25(12-14(13)10-15)20-16-4-3-6-17(16)23-19(24-20)18-5-1-2-9-22-18/h1-2,5,7-10H,3-4,6,11-12H2. The molecule has 0 unspecified atom stereocenters. The van der Waals surface area contributed by atoms with E-state index in [1.807, 2.05) is 18.2 Å². The third-order valence-electron chi connectivity index (χ3n) is 5.00. The van der Waals surface area contributed by atoms with Crippen LogP contribution in [0.4, 0.5) is 5.82 Å². The van der Waals surface area contributed by atoms with Crippen molar-refractivity contribution >= 4 is 21.7 Å². The quantitative estimate of drug-likeness (QED) is 0.651. The number of hydrogen-bond donors (Lipinski definition) is 0. The normalized spacial score (nSPS) is 15.3. The van der Waals surface area contributed by atoms with Crippen LogP contribution in [0.1, 0.15) is 28.8 Å². The first-order chi connectivity index (χ1) is 12.3. The maximum absolute atomic E-state index is 4.94. The molecule has 25 heavy (non-hydrogen) atoms. The van der Waals surface area contributed by atoms with Crippen molar-refractivity contribution in [2.24, 2.45) is 0 Å². The van der Waals surface area contributed by atoms with E-state index in [1.165, 1.54) is 22.4 Å². The van der Waals surface area contributed by atoms with Gasteiger partial charge >= 0.3 is 0 Å². The summed E-state index contributed by atoms with van der Waals surface area (Å²) in [5, 5.41) is 0. The molecule has 0 bridgehead atoms.